The molecule has 1 aromatic heterocycles. The van der Waals surface area contributed by atoms with Crippen LogP contribution in [0.3, 0.4) is 0 Å². The summed E-state index contributed by atoms with van der Waals surface area (Å²) >= 11 is 1.34. The molecule has 20 heavy (non-hydrogen) atoms. The number of aromatic nitrogens is 3. The van der Waals surface area contributed by atoms with E-state index in [4.69, 9.17) is 4.74 Å². The summed E-state index contributed by atoms with van der Waals surface area (Å²) in [6.07, 6.45) is 0.726. The molecule has 0 aliphatic heterocycles. The Morgan fingerprint density at radius 1 is 1.30 bits per heavy atom. The van der Waals surface area contributed by atoms with E-state index in [-0.39, 0.29) is 11.7 Å². The number of thioether (sulfide) groups is 1. The molecule has 0 saturated carbocycles. The third-order valence-corrected chi connectivity index (χ3v) is 3.75. The summed E-state index contributed by atoms with van der Waals surface area (Å²) in [6, 6.07) is 10.1. The van der Waals surface area contributed by atoms with Crippen molar-refractivity contribution in [3.63, 3.8) is 0 Å². The maximum absolute atomic E-state index is 11.3. The first-order valence-corrected chi connectivity index (χ1v) is 7.40. The van der Waals surface area contributed by atoms with E-state index in [1.807, 2.05) is 29.8 Å². The van der Waals surface area contributed by atoms with Crippen LogP contribution in [0.25, 0.3) is 0 Å². The van der Waals surface area contributed by atoms with Crippen LogP contribution >= 0.6 is 11.8 Å². The monoisotopic (exact) mass is 291 g/mol. The summed E-state index contributed by atoms with van der Waals surface area (Å²) in [4.78, 5) is 11.3. The number of carbonyl (C=O) groups excluding carboxylic acids is 1. The van der Waals surface area contributed by atoms with Crippen LogP contribution in [-0.2, 0) is 23.0 Å². The maximum atomic E-state index is 11.3. The van der Waals surface area contributed by atoms with E-state index < -0.39 is 0 Å². The number of hydrogen-bond acceptors (Lipinski definition) is 5. The lowest BCUT2D eigenvalue weighted by Gasteiger charge is -2.04. The Morgan fingerprint density at radius 2 is 2.05 bits per heavy atom. The number of rotatable bonds is 6. The minimum Gasteiger partial charge on any atom is -0.465 e. The molecule has 0 atom stereocenters. The summed E-state index contributed by atoms with van der Waals surface area (Å²) < 4.78 is 6.80. The molecule has 0 N–H and O–H groups in total. The van der Waals surface area contributed by atoms with Crippen LogP contribution in [0.4, 0.5) is 0 Å². The van der Waals surface area contributed by atoms with E-state index in [1.54, 1.807) is 6.92 Å². The third kappa shape index (κ3) is 3.84. The normalized spacial score (nSPS) is 10.5. The fourth-order valence-corrected chi connectivity index (χ4v) is 2.46. The van der Waals surface area contributed by atoms with Crippen molar-refractivity contribution in [2.24, 2.45) is 7.05 Å². The molecule has 1 heterocycles. The molecule has 1 aromatic carbocycles. The lowest BCUT2D eigenvalue weighted by Crippen LogP contribution is -2.07. The Morgan fingerprint density at radius 3 is 2.75 bits per heavy atom. The average Bonchev–Trinajstić information content (AvgIpc) is 2.79. The second kappa shape index (κ2) is 7.09. The van der Waals surface area contributed by atoms with Gasteiger partial charge in [0, 0.05) is 13.5 Å². The number of nitrogens with zero attached hydrogens (tertiary/aromatic N) is 3. The zero-order valence-electron chi connectivity index (χ0n) is 11.6. The predicted octanol–water partition coefficient (Wildman–Crippen LogP) is 2.06. The van der Waals surface area contributed by atoms with Crippen molar-refractivity contribution >= 4 is 17.7 Å². The zero-order chi connectivity index (χ0) is 14.4. The molecule has 6 heteroatoms. The number of esters is 1. The molecular weight excluding hydrogens is 274 g/mol. The van der Waals surface area contributed by atoms with Crippen LogP contribution in [-0.4, -0.2) is 33.1 Å². The van der Waals surface area contributed by atoms with E-state index in [0.717, 1.165) is 17.4 Å². The van der Waals surface area contributed by atoms with Crippen LogP contribution in [0.5, 0.6) is 0 Å². The SMILES string of the molecule is CCOC(=O)CSc1nnc(Cc2ccccc2)n1C. The minimum absolute atomic E-state index is 0.231. The second-order valence-corrected chi connectivity index (χ2v) is 5.16. The Hall–Kier alpha value is -1.82. The zero-order valence-corrected chi connectivity index (χ0v) is 12.4. The highest BCUT2D eigenvalue weighted by atomic mass is 32.2. The van der Waals surface area contributed by atoms with Gasteiger partial charge in [0.25, 0.3) is 0 Å². The van der Waals surface area contributed by atoms with Crippen molar-refractivity contribution in [2.45, 2.75) is 18.5 Å². The molecule has 0 spiro atoms. The smallest absolute Gasteiger partial charge is 0.316 e. The van der Waals surface area contributed by atoms with Crippen molar-refractivity contribution in [2.75, 3.05) is 12.4 Å². The molecule has 0 bridgehead atoms. The van der Waals surface area contributed by atoms with Crippen molar-refractivity contribution < 1.29 is 9.53 Å². The van der Waals surface area contributed by atoms with Gasteiger partial charge in [-0.1, -0.05) is 42.1 Å². The van der Waals surface area contributed by atoms with E-state index >= 15 is 0 Å². The van der Waals surface area contributed by atoms with Crippen LogP contribution in [0.15, 0.2) is 35.5 Å². The van der Waals surface area contributed by atoms with Crippen molar-refractivity contribution in [3.05, 3.63) is 41.7 Å². The molecular formula is C14H17N3O2S. The quantitative estimate of drug-likeness (QED) is 0.602. The van der Waals surface area contributed by atoms with Gasteiger partial charge < -0.3 is 9.30 Å². The molecule has 0 unspecified atom stereocenters. The maximum Gasteiger partial charge on any atom is 0.316 e. The van der Waals surface area contributed by atoms with Crippen LogP contribution in [0, 0.1) is 0 Å². The summed E-state index contributed by atoms with van der Waals surface area (Å²) in [5.41, 5.74) is 1.19. The molecule has 2 rings (SSSR count). The van der Waals surface area contributed by atoms with Gasteiger partial charge in [0.05, 0.1) is 12.4 Å². The predicted molar refractivity (Wildman–Crippen MR) is 77.6 cm³/mol. The molecule has 106 valence electrons. The van der Waals surface area contributed by atoms with Gasteiger partial charge in [-0.3, -0.25) is 4.79 Å². The van der Waals surface area contributed by atoms with Gasteiger partial charge >= 0.3 is 5.97 Å². The highest BCUT2D eigenvalue weighted by Crippen LogP contribution is 2.17. The number of carbonyl (C=O) groups is 1. The molecule has 0 aliphatic rings. The van der Waals surface area contributed by atoms with Crippen LogP contribution in [0.2, 0.25) is 0 Å². The number of hydrogen-bond donors (Lipinski definition) is 0. The summed E-state index contributed by atoms with van der Waals surface area (Å²) in [6.45, 7) is 2.19. The standard InChI is InChI=1S/C14H17N3O2S/c1-3-19-13(18)10-20-14-16-15-12(17(14)2)9-11-7-5-4-6-8-11/h4-8H,3,9-10H2,1-2H3. The summed E-state index contributed by atoms with van der Waals surface area (Å²) in [7, 11) is 1.91. The summed E-state index contributed by atoms with van der Waals surface area (Å²) in [5.74, 6) is 0.901. The van der Waals surface area contributed by atoms with E-state index in [0.29, 0.717) is 6.61 Å². The van der Waals surface area contributed by atoms with E-state index in [1.165, 1.54) is 17.3 Å². The Bertz CT molecular complexity index is 569. The van der Waals surface area contributed by atoms with Crippen molar-refractivity contribution in [3.8, 4) is 0 Å². The van der Waals surface area contributed by atoms with Gasteiger partial charge in [-0.05, 0) is 12.5 Å². The first-order chi connectivity index (χ1) is 9.70. The fourth-order valence-electron chi connectivity index (χ4n) is 1.73. The Labute approximate surface area is 122 Å². The molecule has 0 saturated heterocycles. The molecule has 0 radical (unpaired) electrons. The molecule has 2 aromatic rings. The lowest BCUT2D eigenvalue weighted by molar-refractivity contribution is -0.139. The topological polar surface area (TPSA) is 57.0 Å². The third-order valence-electron chi connectivity index (χ3n) is 2.75. The lowest BCUT2D eigenvalue weighted by atomic mass is 10.1. The van der Waals surface area contributed by atoms with E-state index in [9.17, 15) is 4.79 Å². The number of ether oxygens (including phenoxy) is 1. The highest BCUT2D eigenvalue weighted by molar-refractivity contribution is 7.99. The van der Waals surface area contributed by atoms with Crippen molar-refractivity contribution in [1.82, 2.24) is 14.8 Å². The second-order valence-electron chi connectivity index (χ2n) is 4.21. The minimum atomic E-state index is -0.231. The molecule has 0 amide bonds. The Kier molecular flexibility index (Phi) is 5.17. The van der Waals surface area contributed by atoms with E-state index in [2.05, 4.69) is 22.3 Å². The molecule has 0 fully saturated rings. The van der Waals surface area contributed by atoms with Gasteiger partial charge in [0.15, 0.2) is 5.16 Å². The Balaban J connectivity index is 1.98. The van der Waals surface area contributed by atoms with Gasteiger partial charge in [0.2, 0.25) is 0 Å². The van der Waals surface area contributed by atoms with Gasteiger partial charge in [-0.25, -0.2) is 0 Å². The molecule has 5 nitrogen and oxygen atoms in total. The average molecular weight is 291 g/mol. The summed E-state index contributed by atoms with van der Waals surface area (Å²) in [5, 5.41) is 9.01. The number of benzene rings is 1. The van der Waals surface area contributed by atoms with Crippen LogP contribution in [0.1, 0.15) is 18.3 Å². The first-order valence-electron chi connectivity index (χ1n) is 6.41. The highest BCUT2D eigenvalue weighted by Gasteiger charge is 2.12. The van der Waals surface area contributed by atoms with Crippen molar-refractivity contribution in [1.29, 1.82) is 0 Å². The molecule has 0 aliphatic carbocycles. The first kappa shape index (κ1) is 14.6. The van der Waals surface area contributed by atoms with Gasteiger partial charge in [0.1, 0.15) is 5.82 Å². The largest absolute Gasteiger partial charge is 0.465 e. The van der Waals surface area contributed by atoms with Gasteiger partial charge in [-0.2, -0.15) is 0 Å². The van der Waals surface area contributed by atoms with Gasteiger partial charge in [-0.15, -0.1) is 10.2 Å². The fraction of sp³-hybridized carbons (Fsp3) is 0.357. The van der Waals surface area contributed by atoms with Crippen LogP contribution < -0.4 is 0 Å².